The molecule has 0 saturated carbocycles. The van der Waals surface area contributed by atoms with E-state index < -0.39 is 17.1 Å². The Morgan fingerprint density at radius 1 is 1.17 bits per heavy atom. The van der Waals surface area contributed by atoms with E-state index in [1.54, 1.807) is 12.1 Å². The summed E-state index contributed by atoms with van der Waals surface area (Å²) in [6.07, 6.45) is 0. The summed E-state index contributed by atoms with van der Waals surface area (Å²) in [6, 6.07) is 4.66. The summed E-state index contributed by atoms with van der Waals surface area (Å²) in [5, 5.41) is -1.41. The zero-order valence-electron chi connectivity index (χ0n) is 10.2. The van der Waals surface area contributed by atoms with Crippen molar-refractivity contribution in [3.05, 3.63) is 23.8 Å². The standard InChI is InChI=1S/C12H13ClO5/c1-16-7-4-5-9(17-2)8(6-7)11(14)10(13)12(15)18-3/h4-6,10H,1-3H3. The van der Waals surface area contributed by atoms with Crippen LogP contribution in [0.15, 0.2) is 18.2 Å². The highest BCUT2D eigenvalue weighted by molar-refractivity contribution is 6.43. The van der Waals surface area contributed by atoms with Gasteiger partial charge in [-0.3, -0.25) is 4.79 Å². The number of carbonyl (C=O) groups is 2. The van der Waals surface area contributed by atoms with E-state index in [2.05, 4.69) is 4.74 Å². The van der Waals surface area contributed by atoms with Crippen LogP contribution >= 0.6 is 11.6 Å². The zero-order chi connectivity index (χ0) is 13.7. The highest BCUT2D eigenvalue weighted by atomic mass is 35.5. The van der Waals surface area contributed by atoms with E-state index in [1.165, 1.54) is 20.3 Å². The number of ether oxygens (including phenoxy) is 3. The average Bonchev–Trinajstić information content (AvgIpc) is 2.43. The number of halogens is 1. The maximum atomic E-state index is 12.0. The molecule has 0 bridgehead atoms. The van der Waals surface area contributed by atoms with Crippen molar-refractivity contribution in [3.63, 3.8) is 0 Å². The molecular weight excluding hydrogens is 260 g/mol. The number of esters is 1. The van der Waals surface area contributed by atoms with Crippen LogP contribution < -0.4 is 9.47 Å². The van der Waals surface area contributed by atoms with Gasteiger partial charge in [-0.15, -0.1) is 11.6 Å². The topological polar surface area (TPSA) is 61.8 Å². The molecule has 1 aromatic carbocycles. The Kier molecular flexibility index (Phi) is 4.97. The number of alkyl halides is 1. The van der Waals surface area contributed by atoms with Crippen LogP contribution in [0.2, 0.25) is 0 Å². The van der Waals surface area contributed by atoms with Gasteiger partial charge in [0, 0.05) is 0 Å². The molecular formula is C12H13ClO5. The van der Waals surface area contributed by atoms with Crippen LogP contribution in [0.4, 0.5) is 0 Å². The molecule has 18 heavy (non-hydrogen) atoms. The van der Waals surface area contributed by atoms with Gasteiger partial charge in [-0.1, -0.05) is 0 Å². The van der Waals surface area contributed by atoms with Crippen molar-refractivity contribution >= 4 is 23.4 Å². The van der Waals surface area contributed by atoms with Crippen LogP contribution in [0.25, 0.3) is 0 Å². The lowest BCUT2D eigenvalue weighted by atomic mass is 10.1. The van der Waals surface area contributed by atoms with Crippen LogP contribution in [0.1, 0.15) is 10.4 Å². The van der Waals surface area contributed by atoms with Gasteiger partial charge in [0.15, 0.2) is 11.2 Å². The highest BCUT2D eigenvalue weighted by Gasteiger charge is 2.28. The van der Waals surface area contributed by atoms with Gasteiger partial charge in [0.05, 0.1) is 26.9 Å². The Hall–Kier alpha value is -1.75. The van der Waals surface area contributed by atoms with Crippen LogP contribution in [0, 0.1) is 0 Å². The van der Waals surface area contributed by atoms with Gasteiger partial charge in [-0.05, 0) is 18.2 Å². The van der Waals surface area contributed by atoms with E-state index in [4.69, 9.17) is 21.1 Å². The van der Waals surface area contributed by atoms with Crippen LogP contribution in [-0.4, -0.2) is 38.5 Å². The fourth-order valence-electron chi connectivity index (χ4n) is 1.35. The van der Waals surface area contributed by atoms with Crippen molar-refractivity contribution in [2.24, 2.45) is 0 Å². The maximum Gasteiger partial charge on any atom is 0.331 e. The number of Topliss-reactive ketones (excluding diaryl/α,β-unsaturated/α-hetero) is 1. The number of hydrogen-bond acceptors (Lipinski definition) is 5. The zero-order valence-corrected chi connectivity index (χ0v) is 11.0. The van der Waals surface area contributed by atoms with E-state index in [9.17, 15) is 9.59 Å². The predicted molar refractivity (Wildman–Crippen MR) is 65.5 cm³/mol. The Morgan fingerprint density at radius 3 is 2.33 bits per heavy atom. The van der Waals surface area contributed by atoms with Crippen molar-refractivity contribution in [2.45, 2.75) is 5.38 Å². The lowest BCUT2D eigenvalue weighted by Gasteiger charge is -2.11. The Morgan fingerprint density at radius 2 is 1.83 bits per heavy atom. The summed E-state index contributed by atoms with van der Waals surface area (Å²) in [5.41, 5.74) is 0.169. The summed E-state index contributed by atoms with van der Waals surface area (Å²) >= 11 is 5.72. The number of ketones is 1. The first kappa shape index (κ1) is 14.3. The second kappa shape index (κ2) is 6.26. The molecule has 0 N–H and O–H groups in total. The number of carbonyl (C=O) groups excluding carboxylic acids is 2. The minimum Gasteiger partial charge on any atom is -0.497 e. The third-order valence-electron chi connectivity index (χ3n) is 2.31. The van der Waals surface area contributed by atoms with E-state index >= 15 is 0 Å². The first-order valence-corrected chi connectivity index (χ1v) is 5.47. The number of hydrogen-bond donors (Lipinski definition) is 0. The van der Waals surface area contributed by atoms with Crippen molar-refractivity contribution in [1.29, 1.82) is 0 Å². The molecule has 0 heterocycles. The fraction of sp³-hybridized carbons (Fsp3) is 0.333. The molecule has 0 aliphatic carbocycles. The van der Waals surface area contributed by atoms with E-state index in [1.807, 2.05) is 0 Å². The lowest BCUT2D eigenvalue weighted by molar-refractivity contribution is -0.139. The maximum absolute atomic E-state index is 12.0. The van der Waals surface area contributed by atoms with E-state index in [-0.39, 0.29) is 5.56 Å². The Labute approximate surface area is 110 Å². The largest absolute Gasteiger partial charge is 0.497 e. The predicted octanol–water partition coefficient (Wildman–Crippen LogP) is 1.67. The van der Waals surface area contributed by atoms with Crippen LogP contribution in [0.3, 0.4) is 0 Å². The molecule has 0 aliphatic heterocycles. The van der Waals surface area contributed by atoms with Crippen molar-refractivity contribution in [1.82, 2.24) is 0 Å². The summed E-state index contributed by atoms with van der Waals surface area (Å²) in [7, 11) is 4.04. The molecule has 1 aromatic rings. The molecule has 6 heteroatoms. The molecule has 0 saturated heterocycles. The minimum absolute atomic E-state index is 0.169. The number of methoxy groups -OCH3 is 3. The molecule has 5 nitrogen and oxygen atoms in total. The first-order chi connectivity index (χ1) is 8.54. The minimum atomic E-state index is -1.41. The summed E-state index contributed by atoms with van der Waals surface area (Å²) < 4.78 is 14.5. The molecule has 0 aromatic heterocycles. The fourth-order valence-corrected chi connectivity index (χ4v) is 1.56. The average molecular weight is 273 g/mol. The van der Waals surface area contributed by atoms with Gasteiger partial charge in [0.1, 0.15) is 11.5 Å². The normalized spacial score (nSPS) is 11.6. The molecule has 0 aliphatic rings. The molecule has 0 radical (unpaired) electrons. The van der Waals surface area contributed by atoms with Crippen molar-refractivity contribution in [3.8, 4) is 11.5 Å². The van der Waals surface area contributed by atoms with Gasteiger partial charge in [-0.2, -0.15) is 0 Å². The summed E-state index contributed by atoms with van der Waals surface area (Å²) in [5.74, 6) is -0.631. The number of benzene rings is 1. The van der Waals surface area contributed by atoms with E-state index in [0.717, 1.165) is 7.11 Å². The molecule has 1 atom stereocenters. The third-order valence-corrected chi connectivity index (χ3v) is 2.69. The van der Waals surface area contributed by atoms with Gasteiger partial charge >= 0.3 is 5.97 Å². The second-order valence-corrected chi connectivity index (χ2v) is 3.75. The van der Waals surface area contributed by atoms with Gasteiger partial charge in [-0.25, -0.2) is 4.79 Å². The van der Waals surface area contributed by atoms with Gasteiger partial charge in [0.25, 0.3) is 0 Å². The molecule has 0 amide bonds. The molecule has 98 valence electrons. The monoisotopic (exact) mass is 272 g/mol. The van der Waals surface area contributed by atoms with Gasteiger partial charge < -0.3 is 14.2 Å². The second-order valence-electron chi connectivity index (χ2n) is 3.32. The Bertz CT molecular complexity index is 458. The quantitative estimate of drug-likeness (QED) is 0.353. The molecule has 1 rings (SSSR count). The lowest BCUT2D eigenvalue weighted by Crippen LogP contribution is -2.26. The van der Waals surface area contributed by atoms with Crippen LogP contribution in [-0.2, 0) is 9.53 Å². The van der Waals surface area contributed by atoms with Crippen molar-refractivity contribution < 1.29 is 23.8 Å². The SMILES string of the molecule is COC(=O)C(Cl)C(=O)c1cc(OC)ccc1OC. The highest BCUT2D eigenvalue weighted by Crippen LogP contribution is 2.26. The molecule has 0 spiro atoms. The van der Waals surface area contributed by atoms with E-state index in [0.29, 0.717) is 11.5 Å². The molecule has 1 unspecified atom stereocenters. The van der Waals surface area contributed by atoms with Crippen molar-refractivity contribution in [2.75, 3.05) is 21.3 Å². The number of rotatable bonds is 5. The van der Waals surface area contributed by atoms with Gasteiger partial charge in [0.2, 0.25) is 0 Å². The summed E-state index contributed by atoms with van der Waals surface area (Å²) in [6.45, 7) is 0. The Balaban J connectivity index is 3.13. The smallest absolute Gasteiger partial charge is 0.331 e. The third kappa shape index (κ3) is 2.92. The van der Waals surface area contributed by atoms with Crippen LogP contribution in [0.5, 0.6) is 11.5 Å². The summed E-state index contributed by atoms with van der Waals surface area (Å²) in [4.78, 5) is 23.3. The molecule has 0 fully saturated rings. The first-order valence-electron chi connectivity index (χ1n) is 5.03.